The molecule has 0 saturated carbocycles. The molecule has 0 radical (unpaired) electrons. The Labute approximate surface area is 137 Å². The maximum atomic E-state index is 12.0. The minimum absolute atomic E-state index is 0.213. The van der Waals surface area contributed by atoms with Gasteiger partial charge in [-0.1, -0.05) is 35.3 Å². The Kier molecular flexibility index (Phi) is 5.21. The van der Waals surface area contributed by atoms with Crippen LogP contribution in [0.2, 0.25) is 10.0 Å². The lowest BCUT2D eigenvalue weighted by molar-refractivity contribution is -0.143. The van der Waals surface area contributed by atoms with Gasteiger partial charge in [-0.25, -0.2) is 4.79 Å². The molecule has 116 valence electrons. The summed E-state index contributed by atoms with van der Waals surface area (Å²) in [5.41, 5.74) is 0.747. The predicted octanol–water partition coefficient (Wildman–Crippen LogP) is 3.01. The first-order chi connectivity index (χ1) is 10.5. The molecule has 0 aromatic heterocycles. The summed E-state index contributed by atoms with van der Waals surface area (Å²) in [6.07, 6.45) is 2.77. The number of carbonyl (C=O) groups is 2. The first-order valence-electron chi connectivity index (χ1n) is 6.34. The molecule has 0 amide bonds. The Morgan fingerprint density at radius 2 is 1.91 bits per heavy atom. The monoisotopic (exact) mass is 341 g/mol. The molecule has 0 bridgehead atoms. The van der Waals surface area contributed by atoms with E-state index in [0.29, 0.717) is 10.6 Å². The molecule has 1 aromatic rings. The number of benzene rings is 1. The average Bonchev–Trinajstić information content (AvgIpc) is 2.55. The zero-order valence-electron chi connectivity index (χ0n) is 11.9. The summed E-state index contributed by atoms with van der Waals surface area (Å²) in [7, 11) is 2.52. The van der Waals surface area contributed by atoms with Crippen LogP contribution in [0.1, 0.15) is 11.5 Å². The van der Waals surface area contributed by atoms with Crippen LogP contribution in [-0.2, 0) is 19.1 Å². The van der Waals surface area contributed by atoms with Crippen LogP contribution in [0.5, 0.6) is 0 Å². The molecule has 0 spiro atoms. The van der Waals surface area contributed by atoms with E-state index in [1.807, 2.05) is 0 Å². The summed E-state index contributed by atoms with van der Waals surface area (Å²) in [6.45, 7) is 0. The van der Waals surface area contributed by atoms with E-state index < -0.39 is 23.8 Å². The predicted molar refractivity (Wildman–Crippen MR) is 83.3 cm³/mol. The lowest BCUT2D eigenvalue weighted by Gasteiger charge is -2.27. The third-order valence-electron chi connectivity index (χ3n) is 3.37. The maximum absolute atomic E-state index is 12.0. The van der Waals surface area contributed by atoms with Crippen molar-refractivity contribution < 1.29 is 19.1 Å². The van der Waals surface area contributed by atoms with Gasteiger partial charge >= 0.3 is 11.9 Å². The SMILES string of the molecule is COC(=O)C1=CN=CC(C(=O)OC)[C@@H]1c1cccc(Cl)c1Cl. The highest BCUT2D eigenvalue weighted by atomic mass is 35.5. The normalized spacial score (nSPS) is 20.3. The summed E-state index contributed by atoms with van der Waals surface area (Å²) < 4.78 is 9.55. The van der Waals surface area contributed by atoms with Crippen molar-refractivity contribution in [1.82, 2.24) is 0 Å². The summed E-state index contributed by atoms with van der Waals surface area (Å²) in [5, 5.41) is 0.600. The molecule has 0 N–H and O–H groups in total. The largest absolute Gasteiger partial charge is 0.468 e. The second-order valence-corrected chi connectivity index (χ2v) is 5.33. The van der Waals surface area contributed by atoms with Crippen molar-refractivity contribution in [2.75, 3.05) is 14.2 Å². The van der Waals surface area contributed by atoms with Crippen LogP contribution in [0, 0.1) is 5.92 Å². The fourth-order valence-electron chi connectivity index (χ4n) is 2.33. The molecule has 1 unspecified atom stereocenters. The Morgan fingerprint density at radius 1 is 1.18 bits per heavy atom. The molecular formula is C15H13Cl2NO4. The highest BCUT2D eigenvalue weighted by Gasteiger charge is 2.38. The van der Waals surface area contributed by atoms with Gasteiger partial charge in [-0.2, -0.15) is 0 Å². The van der Waals surface area contributed by atoms with Crippen LogP contribution < -0.4 is 0 Å². The maximum Gasteiger partial charge on any atom is 0.335 e. The summed E-state index contributed by atoms with van der Waals surface area (Å²) in [4.78, 5) is 28.0. The minimum Gasteiger partial charge on any atom is -0.468 e. The molecule has 1 heterocycles. The molecule has 0 saturated heterocycles. The number of methoxy groups -OCH3 is 2. The molecule has 0 fully saturated rings. The van der Waals surface area contributed by atoms with Gasteiger partial charge in [0.1, 0.15) is 5.92 Å². The highest BCUT2D eigenvalue weighted by molar-refractivity contribution is 6.42. The Bertz CT molecular complexity index is 670. The summed E-state index contributed by atoms with van der Waals surface area (Å²) >= 11 is 12.3. The molecule has 5 nitrogen and oxygen atoms in total. The fourth-order valence-corrected chi connectivity index (χ4v) is 2.75. The zero-order chi connectivity index (χ0) is 16.3. The van der Waals surface area contributed by atoms with E-state index in [0.717, 1.165) is 0 Å². The molecule has 1 aliphatic heterocycles. The molecule has 2 atom stereocenters. The van der Waals surface area contributed by atoms with Crippen LogP contribution >= 0.6 is 23.2 Å². The Hall–Kier alpha value is -1.85. The van der Waals surface area contributed by atoms with E-state index in [2.05, 4.69) is 4.99 Å². The second kappa shape index (κ2) is 6.94. The molecule has 22 heavy (non-hydrogen) atoms. The third kappa shape index (κ3) is 3.00. The van der Waals surface area contributed by atoms with Gasteiger partial charge in [0.05, 0.1) is 29.8 Å². The molecule has 1 aliphatic rings. The fraction of sp³-hybridized carbons (Fsp3) is 0.267. The smallest absolute Gasteiger partial charge is 0.335 e. The van der Waals surface area contributed by atoms with E-state index in [1.165, 1.54) is 26.6 Å². The van der Waals surface area contributed by atoms with E-state index in [1.54, 1.807) is 18.2 Å². The van der Waals surface area contributed by atoms with Gasteiger partial charge in [0.2, 0.25) is 0 Å². The van der Waals surface area contributed by atoms with Crippen molar-refractivity contribution in [2.24, 2.45) is 10.9 Å². The van der Waals surface area contributed by atoms with Gasteiger partial charge in [0, 0.05) is 18.3 Å². The van der Waals surface area contributed by atoms with E-state index in [-0.39, 0.29) is 10.6 Å². The van der Waals surface area contributed by atoms with Crippen LogP contribution in [0.4, 0.5) is 0 Å². The van der Waals surface area contributed by atoms with Crippen LogP contribution in [0.3, 0.4) is 0 Å². The van der Waals surface area contributed by atoms with Crippen molar-refractivity contribution in [2.45, 2.75) is 5.92 Å². The van der Waals surface area contributed by atoms with Gasteiger partial charge in [0.15, 0.2) is 0 Å². The quantitative estimate of drug-likeness (QED) is 0.792. The number of hydrogen-bond donors (Lipinski definition) is 0. The highest BCUT2D eigenvalue weighted by Crippen LogP contribution is 2.40. The van der Waals surface area contributed by atoms with Crippen molar-refractivity contribution >= 4 is 41.4 Å². The number of hydrogen-bond acceptors (Lipinski definition) is 5. The number of carbonyl (C=O) groups excluding carboxylic acids is 2. The molecular weight excluding hydrogens is 329 g/mol. The molecule has 1 aromatic carbocycles. The van der Waals surface area contributed by atoms with Crippen molar-refractivity contribution in [3.05, 3.63) is 45.6 Å². The summed E-state index contributed by atoms with van der Waals surface area (Å²) in [6, 6.07) is 5.02. The Balaban J connectivity index is 2.59. The van der Waals surface area contributed by atoms with Crippen LogP contribution in [-0.4, -0.2) is 32.4 Å². The standard InChI is InChI=1S/C15H13Cl2NO4/c1-21-14(19)9-6-18-7-10(15(20)22-2)12(9)8-4-3-5-11(16)13(8)17/h3-7,9,12H,1-2H3/t9?,12-/m0/s1. The first-order valence-corrected chi connectivity index (χ1v) is 7.10. The van der Waals surface area contributed by atoms with Gasteiger partial charge in [-0.15, -0.1) is 0 Å². The van der Waals surface area contributed by atoms with E-state index >= 15 is 0 Å². The molecule has 2 rings (SSSR count). The van der Waals surface area contributed by atoms with Gasteiger partial charge in [-0.05, 0) is 11.6 Å². The van der Waals surface area contributed by atoms with E-state index in [9.17, 15) is 9.59 Å². The van der Waals surface area contributed by atoms with Gasteiger partial charge in [0.25, 0.3) is 0 Å². The first kappa shape index (κ1) is 16.5. The lowest BCUT2D eigenvalue weighted by atomic mass is 9.80. The molecule has 0 aliphatic carbocycles. The topological polar surface area (TPSA) is 65.0 Å². The minimum atomic E-state index is -0.792. The van der Waals surface area contributed by atoms with Gasteiger partial charge in [-0.3, -0.25) is 9.79 Å². The number of halogens is 2. The van der Waals surface area contributed by atoms with Gasteiger partial charge < -0.3 is 9.47 Å². The van der Waals surface area contributed by atoms with Crippen molar-refractivity contribution in [3.8, 4) is 0 Å². The number of rotatable bonds is 3. The average molecular weight is 342 g/mol. The number of esters is 2. The van der Waals surface area contributed by atoms with Crippen LogP contribution in [0.25, 0.3) is 0 Å². The third-order valence-corrected chi connectivity index (χ3v) is 4.20. The van der Waals surface area contributed by atoms with Crippen molar-refractivity contribution in [3.63, 3.8) is 0 Å². The number of ether oxygens (including phenoxy) is 2. The molecule has 7 heteroatoms. The summed E-state index contributed by atoms with van der Waals surface area (Å²) in [5.74, 6) is -2.59. The van der Waals surface area contributed by atoms with Crippen LogP contribution in [0.15, 0.2) is 35.0 Å². The number of nitrogens with zero attached hydrogens (tertiary/aromatic N) is 1. The van der Waals surface area contributed by atoms with E-state index in [4.69, 9.17) is 32.7 Å². The number of aliphatic imine (C=N–C) groups is 1. The Morgan fingerprint density at radius 3 is 2.55 bits per heavy atom. The van der Waals surface area contributed by atoms with Crippen molar-refractivity contribution in [1.29, 1.82) is 0 Å². The second-order valence-electron chi connectivity index (χ2n) is 4.54. The lowest BCUT2D eigenvalue weighted by Crippen LogP contribution is -2.31. The zero-order valence-corrected chi connectivity index (χ0v) is 13.4.